The highest BCUT2D eigenvalue weighted by molar-refractivity contribution is 5.29. The third-order valence-electron chi connectivity index (χ3n) is 2.45. The van der Waals surface area contributed by atoms with Gasteiger partial charge >= 0.3 is 0 Å². The fourth-order valence-electron chi connectivity index (χ4n) is 1.59. The maximum atomic E-state index is 10.6. The molecule has 0 bridgehead atoms. The van der Waals surface area contributed by atoms with Crippen LogP contribution in [0.5, 0.6) is 0 Å². The average molecular weight is 223 g/mol. The summed E-state index contributed by atoms with van der Waals surface area (Å²) in [5, 5.41) is 13.9. The fraction of sp³-hybridized carbons (Fsp3) is 0.545. The van der Waals surface area contributed by atoms with Crippen LogP contribution in [0.2, 0.25) is 0 Å². The normalized spacial score (nSPS) is 12.4. The Bertz CT molecular complexity index is 355. The van der Waals surface area contributed by atoms with Gasteiger partial charge in [-0.1, -0.05) is 13.8 Å². The lowest BCUT2D eigenvalue weighted by Crippen LogP contribution is -2.30. The number of aromatic nitrogens is 1. The molecule has 1 unspecified atom stereocenters. The summed E-state index contributed by atoms with van der Waals surface area (Å²) >= 11 is 0. The van der Waals surface area contributed by atoms with E-state index in [0.717, 1.165) is 25.1 Å². The second-order valence-electron chi connectivity index (χ2n) is 3.63. The molecule has 1 aromatic rings. The molecule has 0 aliphatic rings. The van der Waals surface area contributed by atoms with Gasteiger partial charge in [0.2, 0.25) is 0 Å². The van der Waals surface area contributed by atoms with E-state index in [-0.39, 0.29) is 10.6 Å². The molecule has 0 spiro atoms. The zero-order valence-electron chi connectivity index (χ0n) is 9.64. The van der Waals surface area contributed by atoms with Crippen molar-refractivity contribution in [3.63, 3.8) is 0 Å². The smallest absolute Gasteiger partial charge is 0.272 e. The fourth-order valence-corrected chi connectivity index (χ4v) is 1.59. The summed E-state index contributed by atoms with van der Waals surface area (Å²) in [6.07, 6.45) is 3.20. The SMILES string of the molecule is CCNC(CC)Cc1cc([N+](=O)[O-])ccn1. The molecular weight excluding hydrogens is 206 g/mol. The van der Waals surface area contributed by atoms with Gasteiger partial charge in [-0.05, 0) is 13.0 Å². The highest BCUT2D eigenvalue weighted by Crippen LogP contribution is 2.12. The van der Waals surface area contributed by atoms with Crippen molar-refractivity contribution in [2.75, 3.05) is 6.54 Å². The van der Waals surface area contributed by atoms with Gasteiger partial charge in [0.05, 0.1) is 4.92 Å². The highest BCUT2D eigenvalue weighted by atomic mass is 16.6. The minimum absolute atomic E-state index is 0.108. The summed E-state index contributed by atoms with van der Waals surface area (Å²) in [7, 11) is 0. The van der Waals surface area contributed by atoms with Gasteiger partial charge in [-0.15, -0.1) is 0 Å². The summed E-state index contributed by atoms with van der Waals surface area (Å²) in [4.78, 5) is 14.4. The first-order valence-electron chi connectivity index (χ1n) is 5.50. The minimum atomic E-state index is -0.390. The number of pyridine rings is 1. The van der Waals surface area contributed by atoms with E-state index in [1.165, 1.54) is 12.3 Å². The standard InChI is InChI=1S/C11H17N3O2/c1-3-9(12-4-2)7-10-8-11(14(15)16)5-6-13-10/h5-6,8-9,12H,3-4,7H2,1-2H3. The number of rotatable bonds is 6. The number of nitrogens with one attached hydrogen (secondary N) is 1. The lowest BCUT2D eigenvalue weighted by atomic mass is 10.1. The molecule has 1 heterocycles. The van der Waals surface area contributed by atoms with Crippen LogP contribution in [0, 0.1) is 10.1 Å². The van der Waals surface area contributed by atoms with Gasteiger partial charge in [0, 0.05) is 36.5 Å². The van der Waals surface area contributed by atoms with Crippen molar-refractivity contribution in [2.24, 2.45) is 0 Å². The third-order valence-corrected chi connectivity index (χ3v) is 2.45. The molecule has 16 heavy (non-hydrogen) atoms. The summed E-state index contributed by atoms with van der Waals surface area (Å²) in [5.41, 5.74) is 0.873. The van der Waals surface area contributed by atoms with Crippen LogP contribution in [0.25, 0.3) is 0 Å². The van der Waals surface area contributed by atoms with Crippen LogP contribution >= 0.6 is 0 Å². The van der Waals surface area contributed by atoms with Crippen LogP contribution in [0.3, 0.4) is 0 Å². The Morgan fingerprint density at radius 2 is 2.31 bits per heavy atom. The van der Waals surface area contributed by atoms with E-state index < -0.39 is 0 Å². The molecule has 0 fully saturated rings. The first kappa shape index (κ1) is 12.6. The molecule has 0 saturated carbocycles. The Morgan fingerprint density at radius 1 is 1.56 bits per heavy atom. The van der Waals surface area contributed by atoms with Crippen molar-refractivity contribution in [1.82, 2.24) is 10.3 Å². The quantitative estimate of drug-likeness (QED) is 0.591. The van der Waals surface area contributed by atoms with E-state index in [0.29, 0.717) is 6.04 Å². The van der Waals surface area contributed by atoms with Gasteiger partial charge in [-0.3, -0.25) is 15.1 Å². The molecule has 1 N–H and O–H groups in total. The van der Waals surface area contributed by atoms with Crippen molar-refractivity contribution < 1.29 is 4.92 Å². The number of nitrogens with zero attached hydrogens (tertiary/aromatic N) is 2. The van der Waals surface area contributed by atoms with Crippen LogP contribution in [0.1, 0.15) is 26.0 Å². The first-order chi connectivity index (χ1) is 7.67. The second-order valence-corrected chi connectivity index (χ2v) is 3.63. The molecule has 0 saturated heterocycles. The van der Waals surface area contributed by atoms with E-state index in [9.17, 15) is 10.1 Å². The van der Waals surface area contributed by atoms with Crippen LogP contribution in [-0.4, -0.2) is 22.5 Å². The monoisotopic (exact) mass is 223 g/mol. The van der Waals surface area contributed by atoms with E-state index in [2.05, 4.69) is 17.2 Å². The predicted molar refractivity (Wildman–Crippen MR) is 62.4 cm³/mol. The van der Waals surface area contributed by atoms with E-state index >= 15 is 0 Å². The topological polar surface area (TPSA) is 68.1 Å². The lowest BCUT2D eigenvalue weighted by molar-refractivity contribution is -0.385. The zero-order chi connectivity index (χ0) is 12.0. The third kappa shape index (κ3) is 3.58. The van der Waals surface area contributed by atoms with Gasteiger partial charge in [-0.2, -0.15) is 0 Å². The Kier molecular flexibility index (Phi) is 4.85. The number of likely N-dealkylation sites (N-methyl/N-ethyl adjacent to an activating group) is 1. The lowest BCUT2D eigenvalue weighted by Gasteiger charge is -2.14. The van der Waals surface area contributed by atoms with Crippen molar-refractivity contribution >= 4 is 5.69 Å². The molecule has 0 aromatic carbocycles. The predicted octanol–water partition coefficient (Wildman–Crippen LogP) is 1.92. The molecule has 0 aliphatic carbocycles. The van der Waals surface area contributed by atoms with Gasteiger partial charge in [0.25, 0.3) is 5.69 Å². The van der Waals surface area contributed by atoms with Gasteiger partial charge in [0.1, 0.15) is 0 Å². The molecule has 0 aliphatic heterocycles. The molecular formula is C11H17N3O2. The molecule has 1 rings (SSSR count). The van der Waals surface area contributed by atoms with Crippen LogP contribution in [-0.2, 0) is 6.42 Å². The molecule has 1 aromatic heterocycles. The highest BCUT2D eigenvalue weighted by Gasteiger charge is 2.10. The van der Waals surface area contributed by atoms with Gasteiger partial charge < -0.3 is 5.32 Å². The van der Waals surface area contributed by atoms with E-state index in [1.54, 1.807) is 6.07 Å². The number of nitro groups is 1. The van der Waals surface area contributed by atoms with E-state index in [1.807, 2.05) is 6.92 Å². The first-order valence-corrected chi connectivity index (χ1v) is 5.50. The van der Waals surface area contributed by atoms with Crippen LogP contribution < -0.4 is 5.32 Å². The van der Waals surface area contributed by atoms with Crippen LogP contribution in [0.4, 0.5) is 5.69 Å². The number of hydrogen-bond acceptors (Lipinski definition) is 4. The largest absolute Gasteiger partial charge is 0.314 e. The van der Waals surface area contributed by atoms with Crippen molar-refractivity contribution in [3.8, 4) is 0 Å². The van der Waals surface area contributed by atoms with Gasteiger partial charge in [-0.25, -0.2) is 0 Å². The summed E-state index contributed by atoms with van der Waals surface area (Å²) in [5.74, 6) is 0. The molecule has 5 heteroatoms. The average Bonchev–Trinajstić information content (AvgIpc) is 2.29. The molecule has 1 atom stereocenters. The Labute approximate surface area is 95.0 Å². The molecule has 88 valence electrons. The number of hydrogen-bond donors (Lipinski definition) is 1. The Morgan fingerprint density at radius 3 is 2.88 bits per heavy atom. The maximum Gasteiger partial charge on any atom is 0.272 e. The molecule has 0 radical (unpaired) electrons. The van der Waals surface area contributed by atoms with Crippen LogP contribution in [0.15, 0.2) is 18.3 Å². The summed E-state index contributed by atoms with van der Waals surface area (Å²) in [6.45, 7) is 5.03. The Hall–Kier alpha value is -1.49. The van der Waals surface area contributed by atoms with Crippen molar-refractivity contribution in [1.29, 1.82) is 0 Å². The van der Waals surface area contributed by atoms with Gasteiger partial charge in [0.15, 0.2) is 0 Å². The summed E-state index contributed by atoms with van der Waals surface area (Å²) in [6, 6.07) is 3.29. The van der Waals surface area contributed by atoms with E-state index in [4.69, 9.17) is 0 Å². The zero-order valence-corrected chi connectivity index (χ0v) is 9.64. The van der Waals surface area contributed by atoms with Crippen molar-refractivity contribution in [2.45, 2.75) is 32.7 Å². The molecule has 5 nitrogen and oxygen atoms in total. The minimum Gasteiger partial charge on any atom is -0.314 e. The second kappa shape index (κ2) is 6.17. The van der Waals surface area contributed by atoms with Crippen molar-refractivity contribution in [3.05, 3.63) is 34.1 Å². The summed E-state index contributed by atoms with van der Waals surface area (Å²) < 4.78 is 0. The Balaban J connectivity index is 2.72. The molecule has 0 amide bonds. The maximum absolute atomic E-state index is 10.6.